The van der Waals surface area contributed by atoms with E-state index in [0.29, 0.717) is 11.1 Å². The standard InChI is InChI=1S/C19H32N4O/c1-14-11-17(21-20-14)18(24)23-9-6-15(7-10-23)16-5-8-22(12-16)13-19(2,3)4/h11,15-16H,5-10,12-13H2,1-4H3,(H,20,21). The first-order valence-corrected chi connectivity index (χ1v) is 9.35. The minimum absolute atomic E-state index is 0.0820. The van der Waals surface area contributed by atoms with Crippen molar-refractivity contribution in [3.63, 3.8) is 0 Å². The molecule has 1 amide bonds. The van der Waals surface area contributed by atoms with Crippen LogP contribution in [-0.2, 0) is 0 Å². The van der Waals surface area contributed by atoms with E-state index in [-0.39, 0.29) is 5.91 Å². The Morgan fingerprint density at radius 3 is 2.46 bits per heavy atom. The molecule has 0 radical (unpaired) electrons. The number of aromatic nitrogens is 2. The van der Waals surface area contributed by atoms with Gasteiger partial charge in [0.05, 0.1) is 0 Å². The topological polar surface area (TPSA) is 52.2 Å². The summed E-state index contributed by atoms with van der Waals surface area (Å²) >= 11 is 0. The van der Waals surface area contributed by atoms with Gasteiger partial charge in [-0.15, -0.1) is 0 Å². The van der Waals surface area contributed by atoms with Gasteiger partial charge in [0.15, 0.2) is 0 Å². The monoisotopic (exact) mass is 332 g/mol. The molecule has 3 rings (SSSR count). The van der Waals surface area contributed by atoms with E-state index in [1.165, 1.54) is 26.1 Å². The molecule has 0 saturated carbocycles. The Morgan fingerprint density at radius 2 is 1.88 bits per heavy atom. The Kier molecular flexibility index (Phi) is 5.00. The summed E-state index contributed by atoms with van der Waals surface area (Å²) in [5.74, 6) is 1.68. The van der Waals surface area contributed by atoms with Crippen LogP contribution in [0, 0.1) is 24.2 Å². The minimum atomic E-state index is 0.0820. The van der Waals surface area contributed by atoms with Gasteiger partial charge in [-0.3, -0.25) is 9.89 Å². The summed E-state index contributed by atoms with van der Waals surface area (Å²) in [5.41, 5.74) is 1.88. The van der Waals surface area contributed by atoms with E-state index < -0.39 is 0 Å². The van der Waals surface area contributed by atoms with Crippen LogP contribution >= 0.6 is 0 Å². The Morgan fingerprint density at radius 1 is 1.21 bits per heavy atom. The molecule has 2 aliphatic heterocycles. The predicted molar refractivity (Wildman–Crippen MR) is 96.0 cm³/mol. The number of piperidine rings is 1. The van der Waals surface area contributed by atoms with Crippen LogP contribution in [0.3, 0.4) is 0 Å². The van der Waals surface area contributed by atoms with Gasteiger partial charge in [0.2, 0.25) is 0 Å². The number of amides is 1. The van der Waals surface area contributed by atoms with Crippen molar-refractivity contribution in [1.82, 2.24) is 20.0 Å². The number of H-pyrrole nitrogens is 1. The van der Waals surface area contributed by atoms with E-state index in [2.05, 4.69) is 35.9 Å². The van der Waals surface area contributed by atoms with Crippen LogP contribution in [0.5, 0.6) is 0 Å². The second-order valence-electron chi connectivity index (χ2n) is 8.91. The van der Waals surface area contributed by atoms with Crippen molar-refractivity contribution < 1.29 is 4.79 Å². The number of carbonyl (C=O) groups excluding carboxylic acids is 1. The smallest absolute Gasteiger partial charge is 0.274 e. The first-order valence-electron chi connectivity index (χ1n) is 9.35. The molecule has 0 spiro atoms. The zero-order valence-electron chi connectivity index (χ0n) is 15.6. The van der Waals surface area contributed by atoms with Crippen molar-refractivity contribution in [3.8, 4) is 0 Å². The van der Waals surface area contributed by atoms with Gasteiger partial charge in [-0.05, 0) is 56.0 Å². The molecule has 1 unspecified atom stereocenters. The quantitative estimate of drug-likeness (QED) is 0.926. The molecule has 3 heterocycles. The Hall–Kier alpha value is -1.36. The van der Waals surface area contributed by atoms with Crippen LogP contribution in [0.15, 0.2) is 6.07 Å². The van der Waals surface area contributed by atoms with E-state index in [1.54, 1.807) is 0 Å². The van der Waals surface area contributed by atoms with E-state index in [1.807, 2.05) is 17.9 Å². The van der Waals surface area contributed by atoms with Gasteiger partial charge in [0.1, 0.15) is 5.69 Å². The Labute approximate surface area is 145 Å². The first kappa shape index (κ1) is 17.5. The molecule has 0 aliphatic carbocycles. The van der Waals surface area contributed by atoms with Crippen molar-refractivity contribution >= 4 is 5.91 Å². The number of nitrogens with one attached hydrogen (secondary N) is 1. The van der Waals surface area contributed by atoms with Gasteiger partial charge in [0.25, 0.3) is 5.91 Å². The molecule has 0 aromatic carbocycles. The molecule has 134 valence electrons. The summed E-state index contributed by atoms with van der Waals surface area (Å²) in [4.78, 5) is 17.1. The van der Waals surface area contributed by atoms with Crippen molar-refractivity contribution in [2.45, 2.75) is 47.0 Å². The summed E-state index contributed by atoms with van der Waals surface area (Å²) in [6.45, 7) is 14.3. The fourth-order valence-corrected chi connectivity index (χ4v) is 4.33. The van der Waals surface area contributed by atoms with Gasteiger partial charge < -0.3 is 9.80 Å². The second-order valence-corrected chi connectivity index (χ2v) is 8.91. The molecule has 2 saturated heterocycles. The van der Waals surface area contributed by atoms with Crippen LogP contribution in [0.4, 0.5) is 0 Å². The third-order valence-corrected chi connectivity index (χ3v) is 5.43. The Balaban J connectivity index is 1.48. The molecular formula is C19H32N4O. The number of rotatable bonds is 3. The molecule has 2 fully saturated rings. The van der Waals surface area contributed by atoms with Gasteiger partial charge in [-0.2, -0.15) is 5.10 Å². The molecule has 5 heteroatoms. The number of aryl methyl sites for hydroxylation is 1. The van der Waals surface area contributed by atoms with Crippen molar-refractivity contribution in [1.29, 1.82) is 0 Å². The summed E-state index contributed by atoms with van der Waals surface area (Å²) < 4.78 is 0. The highest BCUT2D eigenvalue weighted by Gasteiger charge is 2.34. The fraction of sp³-hybridized carbons (Fsp3) is 0.789. The Bertz CT molecular complexity index is 566. The van der Waals surface area contributed by atoms with Crippen LogP contribution < -0.4 is 0 Å². The summed E-state index contributed by atoms with van der Waals surface area (Å²) in [6.07, 6.45) is 3.61. The van der Waals surface area contributed by atoms with E-state index in [0.717, 1.165) is 43.5 Å². The molecule has 5 nitrogen and oxygen atoms in total. The SMILES string of the molecule is Cc1cc(C(=O)N2CCC(C3CCN(CC(C)(C)C)C3)CC2)n[nH]1. The number of aromatic amines is 1. The van der Waals surface area contributed by atoms with Crippen molar-refractivity contribution in [3.05, 3.63) is 17.5 Å². The molecule has 1 atom stereocenters. The van der Waals surface area contributed by atoms with E-state index >= 15 is 0 Å². The number of nitrogens with zero attached hydrogens (tertiary/aromatic N) is 3. The van der Waals surface area contributed by atoms with Gasteiger partial charge >= 0.3 is 0 Å². The molecule has 1 N–H and O–H groups in total. The molecule has 0 bridgehead atoms. The minimum Gasteiger partial charge on any atom is -0.337 e. The second kappa shape index (κ2) is 6.87. The third kappa shape index (κ3) is 4.18. The van der Waals surface area contributed by atoms with Gasteiger partial charge in [-0.25, -0.2) is 0 Å². The highest BCUT2D eigenvalue weighted by molar-refractivity contribution is 5.92. The lowest BCUT2D eigenvalue weighted by atomic mass is 9.83. The van der Waals surface area contributed by atoms with Crippen LogP contribution in [-0.4, -0.2) is 58.6 Å². The maximum absolute atomic E-state index is 12.5. The van der Waals surface area contributed by atoms with E-state index in [9.17, 15) is 4.79 Å². The lowest BCUT2D eigenvalue weighted by Gasteiger charge is -2.35. The third-order valence-electron chi connectivity index (χ3n) is 5.43. The van der Waals surface area contributed by atoms with Crippen molar-refractivity contribution in [2.75, 3.05) is 32.7 Å². The number of hydrogen-bond acceptors (Lipinski definition) is 3. The van der Waals surface area contributed by atoms with E-state index in [4.69, 9.17) is 0 Å². The maximum atomic E-state index is 12.5. The van der Waals surface area contributed by atoms with Gasteiger partial charge in [0, 0.05) is 31.9 Å². The fourth-order valence-electron chi connectivity index (χ4n) is 4.33. The largest absolute Gasteiger partial charge is 0.337 e. The molecule has 24 heavy (non-hydrogen) atoms. The zero-order chi connectivity index (χ0) is 17.3. The van der Waals surface area contributed by atoms with Crippen molar-refractivity contribution in [2.24, 2.45) is 17.3 Å². The normalized spacial score (nSPS) is 23.8. The first-order chi connectivity index (χ1) is 11.3. The van der Waals surface area contributed by atoms with Gasteiger partial charge in [-0.1, -0.05) is 20.8 Å². The van der Waals surface area contributed by atoms with Crippen LogP contribution in [0.2, 0.25) is 0 Å². The van der Waals surface area contributed by atoms with Crippen LogP contribution in [0.1, 0.15) is 56.2 Å². The molecular weight excluding hydrogens is 300 g/mol. The van der Waals surface area contributed by atoms with Crippen LogP contribution in [0.25, 0.3) is 0 Å². The zero-order valence-corrected chi connectivity index (χ0v) is 15.6. The maximum Gasteiger partial charge on any atom is 0.274 e. The average molecular weight is 332 g/mol. The average Bonchev–Trinajstić information content (AvgIpc) is 3.14. The number of hydrogen-bond donors (Lipinski definition) is 1. The summed E-state index contributed by atoms with van der Waals surface area (Å²) in [6, 6.07) is 1.84. The highest BCUT2D eigenvalue weighted by atomic mass is 16.2. The number of likely N-dealkylation sites (tertiary alicyclic amines) is 2. The molecule has 2 aliphatic rings. The lowest BCUT2D eigenvalue weighted by Crippen LogP contribution is -2.41. The molecule has 1 aromatic rings. The molecule has 1 aromatic heterocycles. The number of carbonyl (C=O) groups is 1. The lowest BCUT2D eigenvalue weighted by molar-refractivity contribution is 0.0651. The summed E-state index contributed by atoms with van der Waals surface area (Å²) in [7, 11) is 0. The summed E-state index contributed by atoms with van der Waals surface area (Å²) in [5, 5.41) is 6.97. The predicted octanol–water partition coefficient (Wildman–Crippen LogP) is 2.94. The highest BCUT2D eigenvalue weighted by Crippen LogP contribution is 2.33.